The molecule has 1 aliphatic rings. The minimum absolute atomic E-state index is 0.00349. The standard InChI is InChI=1S/C11H19NO3S/c1-8-3-4-9(2)12(5-8)10(13)6-16-7-11(14)15/h8-9H,3-7H2,1-2H3,(H,14,15). The molecule has 1 amide bonds. The zero-order valence-electron chi connectivity index (χ0n) is 9.81. The maximum atomic E-state index is 11.8. The summed E-state index contributed by atoms with van der Waals surface area (Å²) in [6, 6.07) is 0.300. The van der Waals surface area contributed by atoms with E-state index < -0.39 is 5.97 Å². The molecule has 0 aromatic rings. The Morgan fingerprint density at radius 2 is 2.00 bits per heavy atom. The molecule has 5 heteroatoms. The van der Waals surface area contributed by atoms with Crippen molar-refractivity contribution in [2.75, 3.05) is 18.1 Å². The van der Waals surface area contributed by atoms with Gasteiger partial charge in [0.2, 0.25) is 5.91 Å². The lowest BCUT2D eigenvalue weighted by Crippen LogP contribution is -2.45. The van der Waals surface area contributed by atoms with Gasteiger partial charge in [0.1, 0.15) is 0 Å². The molecule has 1 heterocycles. The zero-order chi connectivity index (χ0) is 12.1. The number of carbonyl (C=O) groups excluding carboxylic acids is 1. The topological polar surface area (TPSA) is 57.6 Å². The van der Waals surface area contributed by atoms with E-state index in [0.717, 1.165) is 13.0 Å². The first kappa shape index (κ1) is 13.4. The number of carboxylic acids is 1. The highest BCUT2D eigenvalue weighted by atomic mass is 32.2. The number of carbonyl (C=O) groups is 2. The molecule has 0 aliphatic carbocycles. The molecule has 0 aromatic carbocycles. The number of likely N-dealkylation sites (tertiary alicyclic amines) is 1. The first-order valence-corrected chi connectivity index (χ1v) is 6.75. The van der Waals surface area contributed by atoms with Crippen LogP contribution in [0.4, 0.5) is 0 Å². The summed E-state index contributed by atoms with van der Waals surface area (Å²) in [5.41, 5.74) is 0. The molecule has 0 radical (unpaired) electrons. The minimum Gasteiger partial charge on any atom is -0.481 e. The van der Waals surface area contributed by atoms with Crippen LogP contribution in [0.15, 0.2) is 0 Å². The molecule has 2 unspecified atom stereocenters. The number of nitrogens with zero attached hydrogens (tertiary/aromatic N) is 1. The van der Waals surface area contributed by atoms with E-state index in [2.05, 4.69) is 13.8 Å². The number of amides is 1. The van der Waals surface area contributed by atoms with Gasteiger partial charge >= 0.3 is 5.97 Å². The van der Waals surface area contributed by atoms with Crippen LogP contribution in [-0.4, -0.2) is 46.0 Å². The molecule has 4 nitrogen and oxygen atoms in total. The van der Waals surface area contributed by atoms with Gasteiger partial charge in [0.15, 0.2) is 0 Å². The summed E-state index contributed by atoms with van der Waals surface area (Å²) in [7, 11) is 0. The van der Waals surface area contributed by atoms with Gasteiger partial charge < -0.3 is 10.0 Å². The highest BCUT2D eigenvalue weighted by Gasteiger charge is 2.26. The van der Waals surface area contributed by atoms with Gasteiger partial charge in [-0.15, -0.1) is 11.8 Å². The average Bonchev–Trinajstić information content (AvgIpc) is 2.21. The highest BCUT2D eigenvalue weighted by molar-refractivity contribution is 8.00. The number of aliphatic carboxylic acids is 1. The van der Waals surface area contributed by atoms with Crippen LogP contribution in [-0.2, 0) is 9.59 Å². The maximum Gasteiger partial charge on any atom is 0.313 e. The fraction of sp³-hybridized carbons (Fsp3) is 0.818. The van der Waals surface area contributed by atoms with Gasteiger partial charge in [-0.3, -0.25) is 9.59 Å². The quantitative estimate of drug-likeness (QED) is 0.814. The molecule has 16 heavy (non-hydrogen) atoms. The SMILES string of the molecule is CC1CCC(C)N(C(=O)CSCC(=O)O)C1. The summed E-state index contributed by atoms with van der Waals surface area (Å²) in [4.78, 5) is 24.1. The van der Waals surface area contributed by atoms with Gasteiger partial charge in [-0.2, -0.15) is 0 Å². The number of piperidine rings is 1. The van der Waals surface area contributed by atoms with E-state index in [1.807, 2.05) is 4.90 Å². The van der Waals surface area contributed by atoms with Crippen molar-refractivity contribution in [3.8, 4) is 0 Å². The Balaban J connectivity index is 2.36. The van der Waals surface area contributed by atoms with Crippen LogP contribution >= 0.6 is 11.8 Å². The van der Waals surface area contributed by atoms with Crippen LogP contribution in [0.5, 0.6) is 0 Å². The number of hydrogen-bond donors (Lipinski definition) is 1. The van der Waals surface area contributed by atoms with E-state index >= 15 is 0 Å². The fourth-order valence-corrected chi connectivity index (χ4v) is 2.56. The van der Waals surface area contributed by atoms with Gasteiger partial charge in [-0.1, -0.05) is 6.92 Å². The minimum atomic E-state index is -0.863. The molecule has 0 bridgehead atoms. The van der Waals surface area contributed by atoms with Crippen molar-refractivity contribution in [2.24, 2.45) is 5.92 Å². The Labute approximate surface area is 100 Å². The van der Waals surface area contributed by atoms with Crippen molar-refractivity contribution in [3.05, 3.63) is 0 Å². The van der Waals surface area contributed by atoms with Gasteiger partial charge in [-0.25, -0.2) is 0 Å². The molecule has 1 saturated heterocycles. The van der Waals surface area contributed by atoms with E-state index in [0.29, 0.717) is 12.0 Å². The van der Waals surface area contributed by atoms with Crippen LogP contribution in [0.1, 0.15) is 26.7 Å². The smallest absolute Gasteiger partial charge is 0.313 e. The van der Waals surface area contributed by atoms with Crippen LogP contribution in [0, 0.1) is 5.92 Å². The summed E-state index contributed by atoms with van der Waals surface area (Å²) in [6.07, 6.45) is 2.23. The number of carboxylic acid groups (broad SMARTS) is 1. The largest absolute Gasteiger partial charge is 0.481 e. The molecule has 1 rings (SSSR count). The van der Waals surface area contributed by atoms with Crippen LogP contribution < -0.4 is 0 Å². The zero-order valence-corrected chi connectivity index (χ0v) is 10.6. The molecular weight excluding hydrogens is 226 g/mol. The number of rotatable bonds is 4. The molecule has 1 N–H and O–H groups in total. The predicted molar refractivity (Wildman–Crippen MR) is 64.5 cm³/mol. The van der Waals surface area contributed by atoms with Crippen molar-refractivity contribution in [2.45, 2.75) is 32.7 Å². The van der Waals surface area contributed by atoms with Crippen LogP contribution in [0.2, 0.25) is 0 Å². The van der Waals surface area contributed by atoms with E-state index in [1.165, 1.54) is 18.2 Å². The molecule has 92 valence electrons. The first-order chi connectivity index (χ1) is 7.50. The maximum absolute atomic E-state index is 11.8. The average molecular weight is 245 g/mol. The van der Waals surface area contributed by atoms with Gasteiger partial charge in [-0.05, 0) is 25.7 Å². The first-order valence-electron chi connectivity index (χ1n) is 5.59. The highest BCUT2D eigenvalue weighted by Crippen LogP contribution is 2.22. The van der Waals surface area contributed by atoms with Crippen molar-refractivity contribution >= 4 is 23.6 Å². The lowest BCUT2D eigenvalue weighted by atomic mass is 9.95. The van der Waals surface area contributed by atoms with Crippen LogP contribution in [0.3, 0.4) is 0 Å². The third-order valence-corrected chi connectivity index (χ3v) is 3.79. The molecule has 0 spiro atoms. The summed E-state index contributed by atoms with van der Waals surface area (Å²) >= 11 is 1.18. The molecule has 0 aromatic heterocycles. The van der Waals surface area contributed by atoms with Crippen LogP contribution in [0.25, 0.3) is 0 Å². The Bertz CT molecular complexity index is 270. The van der Waals surface area contributed by atoms with Crippen molar-refractivity contribution in [1.29, 1.82) is 0 Å². The number of thioether (sulfide) groups is 1. The van der Waals surface area contributed by atoms with E-state index in [-0.39, 0.29) is 17.4 Å². The van der Waals surface area contributed by atoms with Crippen molar-refractivity contribution < 1.29 is 14.7 Å². The fourth-order valence-electron chi connectivity index (χ4n) is 1.94. The summed E-state index contributed by atoms with van der Waals surface area (Å²) in [6.45, 7) is 5.02. The second-order valence-electron chi connectivity index (χ2n) is 4.46. The number of hydrogen-bond acceptors (Lipinski definition) is 3. The van der Waals surface area contributed by atoms with E-state index in [1.54, 1.807) is 0 Å². The Kier molecular flexibility index (Phi) is 5.12. The van der Waals surface area contributed by atoms with Gasteiger partial charge in [0.05, 0.1) is 11.5 Å². The predicted octanol–water partition coefficient (Wildman–Crippen LogP) is 1.45. The molecule has 1 fully saturated rings. The lowest BCUT2D eigenvalue weighted by molar-refractivity contribution is -0.134. The molecule has 0 saturated carbocycles. The molecule has 2 atom stereocenters. The third-order valence-electron chi connectivity index (χ3n) is 2.89. The second kappa shape index (κ2) is 6.13. The van der Waals surface area contributed by atoms with E-state index in [4.69, 9.17) is 5.11 Å². The normalized spacial score (nSPS) is 25.5. The summed E-state index contributed by atoms with van der Waals surface area (Å²) in [5.74, 6) is 0.0557. The summed E-state index contributed by atoms with van der Waals surface area (Å²) in [5, 5.41) is 8.49. The molecular formula is C11H19NO3S. The van der Waals surface area contributed by atoms with Crippen molar-refractivity contribution in [3.63, 3.8) is 0 Å². The monoisotopic (exact) mass is 245 g/mol. The third kappa shape index (κ3) is 4.04. The van der Waals surface area contributed by atoms with Gasteiger partial charge in [0, 0.05) is 12.6 Å². The van der Waals surface area contributed by atoms with E-state index in [9.17, 15) is 9.59 Å². The Morgan fingerprint density at radius 1 is 1.31 bits per heavy atom. The Morgan fingerprint density at radius 3 is 2.62 bits per heavy atom. The molecule has 1 aliphatic heterocycles. The summed E-state index contributed by atoms with van der Waals surface area (Å²) < 4.78 is 0. The Hall–Kier alpha value is -0.710. The van der Waals surface area contributed by atoms with Crippen molar-refractivity contribution in [1.82, 2.24) is 4.90 Å². The lowest BCUT2D eigenvalue weighted by Gasteiger charge is -2.36. The van der Waals surface area contributed by atoms with Gasteiger partial charge in [0.25, 0.3) is 0 Å². The second-order valence-corrected chi connectivity index (χ2v) is 5.45.